The first kappa shape index (κ1) is 17.3. The molecule has 1 aromatic heterocycles. The first-order chi connectivity index (χ1) is 11.7. The molecule has 3 rings (SSSR count). The second-order valence-corrected chi connectivity index (χ2v) is 7.18. The summed E-state index contributed by atoms with van der Waals surface area (Å²) < 4.78 is 5.49. The molecule has 1 aliphatic heterocycles. The van der Waals surface area contributed by atoms with Gasteiger partial charge in [-0.2, -0.15) is 0 Å². The summed E-state index contributed by atoms with van der Waals surface area (Å²) in [7, 11) is 0. The zero-order valence-corrected chi connectivity index (χ0v) is 15.0. The number of nitrogens with zero attached hydrogens (tertiary/aromatic N) is 1. The van der Waals surface area contributed by atoms with Gasteiger partial charge in [-0.15, -0.1) is 11.3 Å². The Labute approximate surface area is 151 Å². The Bertz CT molecular complexity index is 657. The largest absolute Gasteiger partial charge is 0.482 e. The number of likely N-dealkylation sites (tertiary alicyclic amines) is 1. The van der Waals surface area contributed by atoms with Crippen molar-refractivity contribution in [3.63, 3.8) is 0 Å². The Morgan fingerprint density at radius 1 is 1.25 bits per heavy atom. The number of para-hydroxylation sites is 1. The van der Waals surface area contributed by atoms with E-state index in [9.17, 15) is 4.79 Å². The maximum absolute atomic E-state index is 12.1. The van der Waals surface area contributed by atoms with Crippen LogP contribution in [0.15, 0.2) is 41.8 Å². The Morgan fingerprint density at radius 3 is 2.75 bits per heavy atom. The van der Waals surface area contributed by atoms with Crippen LogP contribution < -0.4 is 10.1 Å². The maximum Gasteiger partial charge on any atom is 0.258 e. The summed E-state index contributed by atoms with van der Waals surface area (Å²) in [5.74, 6) is 0.402. The molecule has 0 saturated carbocycles. The van der Waals surface area contributed by atoms with Gasteiger partial charge in [0.1, 0.15) is 5.75 Å². The van der Waals surface area contributed by atoms with E-state index in [-0.39, 0.29) is 18.6 Å². The lowest BCUT2D eigenvalue weighted by Gasteiger charge is -2.26. The number of carbonyl (C=O) groups excluding carboxylic acids is 1. The molecule has 0 spiro atoms. The highest BCUT2D eigenvalue weighted by molar-refractivity contribution is 7.10. The van der Waals surface area contributed by atoms with Gasteiger partial charge in [-0.1, -0.05) is 29.8 Å². The average molecular weight is 365 g/mol. The summed E-state index contributed by atoms with van der Waals surface area (Å²) in [6.07, 6.45) is 2.46. The van der Waals surface area contributed by atoms with Gasteiger partial charge in [0.25, 0.3) is 5.91 Å². The summed E-state index contributed by atoms with van der Waals surface area (Å²) in [5, 5.41) is 5.59. The van der Waals surface area contributed by atoms with Crippen molar-refractivity contribution in [2.45, 2.75) is 18.9 Å². The van der Waals surface area contributed by atoms with Crippen LogP contribution in [0.25, 0.3) is 0 Å². The molecule has 6 heteroatoms. The molecule has 24 heavy (non-hydrogen) atoms. The molecule has 1 aliphatic rings. The number of benzene rings is 1. The fraction of sp³-hybridized carbons (Fsp3) is 0.389. The van der Waals surface area contributed by atoms with Crippen molar-refractivity contribution in [1.82, 2.24) is 10.2 Å². The zero-order valence-electron chi connectivity index (χ0n) is 13.4. The third-order valence-corrected chi connectivity index (χ3v) is 5.43. The minimum Gasteiger partial charge on any atom is -0.482 e. The zero-order chi connectivity index (χ0) is 16.8. The van der Waals surface area contributed by atoms with Crippen LogP contribution in [-0.4, -0.2) is 37.0 Å². The Kier molecular flexibility index (Phi) is 6.12. The van der Waals surface area contributed by atoms with Gasteiger partial charge < -0.3 is 10.1 Å². The van der Waals surface area contributed by atoms with E-state index in [1.165, 1.54) is 17.7 Å². The molecule has 0 bridgehead atoms. The summed E-state index contributed by atoms with van der Waals surface area (Å²) >= 11 is 7.77. The molecular weight excluding hydrogens is 344 g/mol. The van der Waals surface area contributed by atoms with E-state index in [1.54, 1.807) is 23.5 Å². The predicted octanol–water partition coefficient (Wildman–Crippen LogP) is 3.73. The van der Waals surface area contributed by atoms with Crippen molar-refractivity contribution in [2.75, 3.05) is 26.2 Å². The third-order valence-electron chi connectivity index (χ3n) is 4.14. The maximum atomic E-state index is 12.1. The van der Waals surface area contributed by atoms with Gasteiger partial charge in [0, 0.05) is 11.4 Å². The molecule has 1 N–H and O–H groups in total. The molecule has 128 valence electrons. The Morgan fingerprint density at radius 2 is 2.04 bits per heavy atom. The molecule has 1 amide bonds. The number of ether oxygens (including phenoxy) is 1. The van der Waals surface area contributed by atoms with Gasteiger partial charge in [-0.3, -0.25) is 9.69 Å². The normalized spacial score (nSPS) is 16.0. The highest BCUT2D eigenvalue weighted by Crippen LogP contribution is 2.28. The van der Waals surface area contributed by atoms with Crippen molar-refractivity contribution >= 4 is 28.8 Å². The topological polar surface area (TPSA) is 41.6 Å². The Hall–Kier alpha value is -1.56. The number of thiophene rings is 1. The summed E-state index contributed by atoms with van der Waals surface area (Å²) in [6, 6.07) is 11.6. The number of carbonyl (C=O) groups is 1. The summed E-state index contributed by atoms with van der Waals surface area (Å²) in [6.45, 7) is 2.76. The highest BCUT2D eigenvalue weighted by Gasteiger charge is 2.24. The van der Waals surface area contributed by atoms with Crippen molar-refractivity contribution < 1.29 is 9.53 Å². The van der Waals surface area contributed by atoms with Crippen LogP contribution in [-0.2, 0) is 4.79 Å². The second-order valence-electron chi connectivity index (χ2n) is 5.80. The summed E-state index contributed by atoms with van der Waals surface area (Å²) in [5.41, 5.74) is 0. The fourth-order valence-corrected chi connectivity index (χ4v) is 3.96. The lowest BCUT2D eigenvalue weighted by Crippen LogP contribution is -2.38. The molecule has 0 aliphatic carbocycles. The average Bonchev–Trinajstić information content (AvgIpc) is 3.28. The van der Waals surface area contributed by atoms with Gasteiger partial charge >= 0.3 is 0 Å². The van der Waals surface area contributed by atoms with Crippen molar-refractivity contribution in [3.8, 4) is 5.75 Å². The van der Waals surface area contributed by atoms with Crippen LogP contribution in [0.2, 0.25) is 5.02 Å². The van der Waals surface area contributed by atoms with Crippen LogP contribution in [0.1, 0.15) is 23.8 Å². The minimum atomic E-state index is -0.129. The SMILES string of the molecule is O=C(COc1ccccc1Cl)NC[C@H](c1cccs1)N1CCCC1. The number of nitrogens with one attached hydrogen (secondary N) is 1. The number of rotatable bonds is 7. The Balaban J connectivity index is 1.52. The lowest BCUT2D eigenvalue weighted by atomic mass is 10.2. The molecule has 2 aromatic rings. The lowest BCUT2D eigenvalue weighted by molar-refractivity contribution is -0.123. The number of hydrogen-bond acceptors (Lipinski definition) is 4. The van der Waals surface area contributed by atoms with Gasteiger partial charge in [0.15, 0.2) is 6.61 Å². The smallest absolute Gasteiger partial charge is 0.258 e. The fourth-order valence-electron chi connectivity index (χ4n) is 2.91. The van der Waals surface area contributed by atoms with E-state index in [0.29, 0.717) is 17.3 Å². The van der Waals surface area contributed by atoms with Gasteiger partial charge in [0.2, 0.25) is 0 Å². The molecule has 1 aromatic carbocycles. The van der Waals surface area contributed by atoms with E-state index in [4.69, 9.17) is 16.3 Å². The molecule has 0 radical (unpaired) electrons. The number of amides is 1. The van der Waals surface area contributed by atoms with Crippen LogP contribution in [0, 0.1) is 0 Å². The van der Waals surface area contributed by atoms with E-state index in [2.05, 4.69) is 27.7 Å². The van der Waals surface area contributed by atoms with E-state index < -0.39 is 0 Å². The van der Waals surface area contributed by atoms with E-state index in [0.717, 1.165) is 13.1 Å². The van der Waals surface area contributed by atoms with E-state index in [1.807, 2.05) is 12.1 Å². The van der Waals surface area contributed by atoms with E-state index >= 15 is 0 Å². The molecule has 0 unspecified atom stereocenters. The van der Waals surface area contributed by atoms with Gasteiger partial charge in [0.05, 0.1) is 11.1 Å². The van der Waals surface area contributed by atoms with Crippen molar-refractivity contribution in [2.24, 2.45) is 0 Å². The monoisotopic (exact) mass is 364 g/mol. The summed E-state index contributed by atoms with van der Waals surface area (Å²) in [4.78, 5) is 15.9. The highest BCUT2D eigenvalue weighted by atomic mass is 35.5. The number of hydrogen-bond donors (Lipinski definition) is 1. The van der Waals surface area contributed by atoms with Crippen LogP contribution >= 0.6 is 22.9 Å². The molecule has 1 fully saturated rings. The number of halogens is 1. The van der Waals surface area contributed by atoms with Crippen LogP contribution in [0.3, 0.4) is 0 Å². The second kappa shape index (κ2) is 8.51. The third kappa shape index (κ3) is 4.50. The predicted molar refractivity (Wildman–Crippen MR) is 97.8 cm³/mol. The first-order valence-electron chi connectivity index (χ1n) is 8.15. The quantitative estimate of drug-likeness (QED) is 0.813. The molecular formula is C18H21ClN2O2S. The van der Waals surface area contributed by atoms with Crippen molar-refractivity contribution in [1.29, 1.82) is 0 Å². The van der Waals surface area contributed by atoms with Crippen molar-refractivity contribution in [3.05, 3.63) is 51.7 Å². The van der Waals surface area contributed by atoms with Crippen LogP contribution in [0.5, 0.6) is 5.75 Å². The van der Waals surface area contributed by atoms with Gasteiger partial charge in [-0.05, 0) is 49.5 Å². The molecule has 4 nitrogen and oxygen atoms in total. The first-order valence-corrected chi connectivity index (χ1v) is 9.41. The minimum absolute atomic E-state index is 0.0269. The molecule has 1 atom stereocenters. The molecule has 2 heterocycles. The van der Waals surface area contributed by atoms with Gasteiger partial charge in [-0.25, -0.2) is 0 Å². The van der Waals surface area contributed by atoms with Crippen LogP contribution in [0.4, 0.5) is 0 Å². The standard InChI is InChI=1S/C18H21ClN2O2S/c19-14-6-1-2-7-16(14)23-13-18(22)20-12-15(17-8-5-11-24-17)21-9-3-4-10-21/h1-2,5-8,11,15H,3-4,9-10,12-13H2,(H,20,22)/t15-/m1/s1. The molecule has 1 saturated heterocycles.